The molecule has 90 valence electrons. The van der Waals surface area contributed by atoms with E-state index in [9.17, 15) is 4.79 Å². The topological polar surface area (TPSA) is 76.1 Å². The fourth-order valence-electron chi connectivity index (χ4n) is 0.996. The van der Waals surface area contributed by atoms with Crippen molar-refractivity contribution in [1.29, 1.82) is 0 Å². The molecule has 0 aliphatic carbocycles. The van der Waals surface area contributed by atoms with E-state index < -0.39 is 0 Å². The maximum atomic E-state index is 11.3. The Morgan fingerprint density at radius 3 is 3.06 bits per heavy atom. The van der Waals surface area contributed by atoms with E-state index in [1.807, 2.05) is 6.92 Å². The zero-order valence-corrected chi connectivity index (χ0v) is 10.3. The lowest BCUT2D eigenvalue weighted by Crippen LogP contribution is -2.30. The molecule has 0 aromatic carbocycles. The first kappa shape index (κ1) is 12.9. The van der Waals surface area contributed by atoms with Gasteiger partial charge >= 0.3 is 0 Å². The third-order valence-electron chi connectivity index (χ3n) is 1.71. The van der Waals surface area contributed by atoms with E-state index in [4.69, 9.17) is 4.74 Å². The summed E-state index contributed by atoms with van der Waals surface area (Å²) in [6.45, 7) is 3.32. The number of carbonyl (C=O) groups is 1. The van der Waals surface area contributed by atoms with Crippen LogP contribution in [0.5, 0.6) is 0 Å². The number of hydrogen-bond acceptors (Lipinski definition) is 6. The molecule has 1 aromatic rings. The highest BCUT2D eigenvalue weighted by Crippen LogP contribution is 2.10. The molecule has 0 saturated carbocycles. The standard InChI is InChI=1S/C9H16N4O2S/c1-3-4-10-8(14)5-11-9-12-7(6-15-2)13-16-9/h3-6H2,1-2H3,(H,10,14)(H,11,12,13). The maximum absolute atomic E-state index is 11.3. The van der Waals surface area contributed by atoms with Gasteiger partial charge in [0.2, 0.25) is 11.0 Å². The molecule has 0 atom stereocenters. The number of anilines is 1. The highest BCUT2D eigenvalue weighted by Gasteiger charge is 2.05. The Balaban J connectivity index is 2.28. The number of carbonyl (C=O) groups excluding carboxylic acids is 1. The first-order chi connectivity index (χ1) is 7.76. The summed E-state index contributed by atoms with van der Waals surface area (Å²) in [4.78, 5) is 15.4. The number of amides is 1. The van der Waals surface area contributed by atoms with Gasteiger partial charge in [-0.15, -0.1) is 0 Å². The molecule has 2 N–H and O–H groups in total. The summed E-state index contributed by atoms with van der Waals surface area (Å²) < 4.78 is 8.95. The van der Waals surface area contributed by atoms with Crippen molar-refractivity contribution >= 4 is 22.6 Å². The van der Waals surface area contributed by atoms with Crippen molar-refractivity contribution in [3.63, 3.8) is 0 Å². The summed E-state index contributed by atoms with van der Waals surface area (Å²) in [6, 6.07) is 0. The fourth-order valence-corrected chi connectivity index (χ4v) is 1.56. The van der Waals surface area contributed by atoms with Crippen molar-refractivity contribution < 1.29 is 9.53 Å². The van der Waals surface area contributed by atoms with E-state index in [0.717, 1.165) is 6.42 Å². The predicted octanol–water partition coefficient (Wildman–Crippen LogP) is 0.623. The van der Waals surface area contributed by atoms with Gasteiger partial charge in [-0.25, -0.2) is 4.98 Å². The second-order valence-corrected chi connectivity index (χ2v) is 3.90. The molecule has 1 rings (SSSR count). The van der Waals surface area contributed by atoms with Crippen molar-refractivity contribution in [2.75, 3.05) is 25.5 Å². The van der Waals surface area contributed by atoms with Gasteiger partial charge in [-0.3, -0.25) is 4.79 Å². The predicted molar refractivity (Wildman–Crippen MR) is 62.4 cm³/mol. The van der Waals surface area contributed by atoms with Crippen molar-refractivity contribution in [2.45, 2.75) is 20.0 Å². The van der Waals surface area contributed by atoms with Gasteiger partial charge in [-0.1, -0.05) is 6.92 Å². The van der Waals surface area contributed by atoms with Crippen molar-refractivity contribution in [3.8, 4) is 0 Å². The summed E-state index contributed by atoms with van der Waals surface area (Å²) in [6.07, 6.45) is 0.933. The molecule has 1 amide bonds. The highest BCUT2D eigenvalue weighted by atomic mass is 32.1. The van der Waals surface area contributed by atoms with Gasteiger partial charge in [0.25, 0.3) is 0 Å². The van der Waals surface area contributed by atoms with Crippen LogP contribution in [0, 0.1) is 0 Å². The van der Waals surface area contributed by atoms with E-state index in [2.05, 4.69) is 20.0 Å². The van der Waals surface area contributed by atoms with Crippen LogP contribution in [-0.2, 0) is 16.1 Å². The minimum absolute atomic E-state index is 0.0367. The molecule has 1 aromatic heterocycles. The van der Waals surface area contributed by atoms with E-state index in [1.165, 1.54) is 11.5 Å². The van der Waals surface area contributed by atoms with E-state index >= 15 is 0 Å². The van der Waals surface area contributed by atoms with Crippen LogP contribution in [0.4, 0.5) is 5.13 Å². The van der Waals surface area contributed by atoms with Crippen molar-refractivity contribution in [2.24, 2.45) is 0 Å². The number of nitrogens with zero attached hydrogens (tertiary/aromatic N) is 2. The highest BCUT2D eigenvalue weighted by molar-refractivity contribution is 7.09. The second kappa shape index (κ2) is 7.13. The number of aromatic nitrogens is 2. The molecule has 7 heteroatoms. The molecule has 0 fully saturated rings. The quantitative estimate of drug-likeness (QED) is 0.735. The lowest BCUT2D eigenvalue weighted by Gasteiger charge is -2.03. The molecule has 6 nitrogen and oxygen atoms in total. The Morgan fingerprint density at radius 2 is 2.38 bits per heavy atom. The lowest BCUT2D eigenvalue weighted by molar-refractivity contribution is -0.119. The molecule has 0 bridgehead atoms. The summed E-state index contributed by atoms with van der Waals surface area (Å²) in [5.41, 5.74) is 0. The number of ether oxygens (including phenoxy) is 1. The zero-order valence-electron chi connectivity index (χ0n) is 9.45. The van der Waals surface area contributed by atoms with Crippen LogP contribution in [0.15, 0.2) is 0 Å². The number of nitrogens with one attached hydrogen (secondary N) is 2. The van der Waals surface area contributed by atoms with E-state index in [-0.39, 0.29) is 12.5 Å². The molecule has 0 spiro atoms. The summed E-state index contributed by atoms with van der Waals surface area (Å²) in [5, 5.41) is 6.31. The average Bonchev–Trinajstić information content (AvgIpc) is 2.72. The first-order valence-electron chi connectivity index (χ1n) is 5.08. The van der Waals surface area contributed by atoms with Gasteiger partial charge in [0.15, 0.2) is 5.82 Å². The van der Waals surface area contributed by atoms with Gasteiger partial charge in [-0.2, -0.15) is 4.37 Å². The van der Waals surface area contributed by atoms with Crippen LogP contribution in [0.25, 0.3) is 0 Å². The van der Waals surface area contributed by atoms with Gasteiger partial charge in [0.05, 0.1) is 6.54 Å². The van der Waals surface area contributed by atoms with Crippen LogP contribution in [0.2, 0.25) is 0 Å². The molecule has 0 radical (unpaired) electrons. The number of methoxy groups -OCH3 is 1. The Morgan fingerprint density at radius 1 is 1.56 bits per heavy atom. The first-order valence-corrected chi connectivity index (χ1v) is 5.85. The molecule has 0 aliphatic rings. The smallest absolute Gasteiger partial charge is 0.239 e. The van der Waals surface area contributed by atoms with Crippen LogP contribution in [-0.4, -0.2) is 35.5 Å². The fraction of sp³-hybridized carbons (Fsp3) is 0.667. The van der Waals surface area contributed by atoms with Crippen LogP contribution >= 0.6 is 11.5 Å². The van der Waals surface area contributed by atoms with Crippen molar-refractivity contribution in [1.82, 2.24) is 14.7 Å². The molecule has 0 saturated heterocycles. The SMILES string of the molecule is CCCNC(=O)CNc1nc(COC)ns1. The van der Waals surface area contributed by atoms with Gasteiger partial charge in [0, 0.05) is 25.2 Å². The number of hydrogen-bond donors (Lipinski definition) is 2. The molecular formula is C9H16N4O2S. The van der Waals surface area contributed by atoms with Crippen molar-refractivity contribution in [3.05, 3.63) is 5.82 Å². The summed E-state index contributed by atoms with van der Waals surface area (Å²) in [5.74, 6) is 0.592. The molecule has 0 aliphatic heterocycles. The number of rotatable bonds is 7. The molecule has 1 heterocycles. The maximum Gasteiger partial charge on any atom is 0.239 e. The Hall–Kier alpha value is -1.21. The van der Waals surface area contributed by atoms with Crippen LogP contribution in [0.3, 0.4) is 0 Å². The third-order valence-corrected chi connectivity index (χ3v) is 2.42. The molecule has 0 unspecified atom stereocenters. The minimum atomic E-state index is -0.0367. The molecular weight excluding hydrogens is 228 g/mol. The third kappa shape index (κ3) is 4.54. The Kier molecular flexibility index (Phi) is 5.73. The monoisotopic (exact) mass is 244 g/mol. The van der Waals surface area contributed by atoms with E-state index in [1.54, 1.807) is 7.11 Å². The van der Waals surface area contributed by atoms with E-state index in [0.29, 0.717) is 24.1 Å². The van der Waals surface area contributed by atoms with Crippen LogP contribution in [0.1, 0.15) is 19.2 Å². The van der Waals surface area contributed by atoms with Gasteiger partial charge in [0.1, 0.15) is 6.61 Å². The second-order valence-electron chi connectivity index (χ2n) is 3.15. The van der Waals surface area contributed by atoms with Gasteiger partial charge in [-0.05, 0) is 6.42 Å². The summed E-state index contributed by atoms with van der Waals surface area (Å²) >= 11 is 1.22. The zero-order chi connectivity index (χ0) is 11.8. The average molecular weight is 244 g/mol. The normalized spacial score (nSPS) is 10.1. The Bertz CT molecular complexity index is 329. The minimum Gasteiger partial charge on any atom is -0.377 e. The largest absolute Gasteiger partial charge is 0.377 e. The molecule has 16 heavy (non-hydrogen) atoms. The summed E-state index contributed by atoms with van der Waals surface area (Å²) in [7, 11) is 1.59. The lowest BCUT2D eigenvalue weighted by atomic mass is 10.4. The van der Waals surface area contributed by atoms with Gasteiger partial charge < -0.3 is 15.4 Å². The van der Waals surface area contributed by atoms with Crippen LogP contribution < -0.4 is 10.6 Å². The Labute approximate surface area is 98.6 Å².